The maximum absolute atomic E-state index is 5.85. The van der Waals surface area contributed by atoms with Crippen LogP contribution >= 0.6 is 0 Å². The molecule has 2 aromatic rings. The first-order valence-corrected chi connectivity index (χ1v) is 5.91. The molecule has 0 amide bonds. The van der Waals surface area contributed by atoms with Gasteiger partial charge in [-0.3, -0.25) is 4.98 Å². The van der Waals surface area contributed by atoms with Gasteiger partial charge in [0.05, 0.1) is 14.2 Å². The molecule has 0 saturated carbocycles. The molecule has 96 valence electrons. The number of hydrogen-bond donors (Lipinski definition) is 1. The normalized spacial score (nSPS) is 12.4. The largest absolute Gasteiger partial charge is 0.493 e. The molecule has 0 fully saturated rings. The second-order valence-corrected chi connectivity index (χ2v) is 4.37. The van der Waals surface area contributed by atoms with E-state index in [9.17, 15) is 0 Å². The minimum absolute atomic E-state index is 0.0798. The Morgan fingerprint density at radius 3 is 2.50 bits per heavy atom. The van der Waals surface area contributed by atoms with Crippen molar-refractivity contribution < 1.29 is 9.47 Å². The summed E-state index contributed by atoms with van der Waals surface area (Å²) in [7, 11) is 3.26. The van der Waals surface area contributed by atoms with Crippen LogP contribution in [0.2, 0.25) is 0 Å². The Hall–Kier alpha value is -1.81. The molecule has 4 heteroatoms. The molecule has 0 aliphatic rings. The molecular formula is C14H18N2O2. The van der Waals surface area contributed by atoms with Gasteiger partial charge in [0.2, 0.25) is 0 Å². The van der Waals surface area contributed by atoms with Crippen molar-refractivity contribution in [2.24, 2.45) is 5.73 Å². The molecule has 18 heavy (non-hydrogen) atoms. The van der Waals surface area contributed by atoms with E-state index in [2.05, 4.69) is 4.98 Å². The predicted molar refractivity (Wildman–Crippen MR) is 72.2 cm³/mol. The summed E-state index contributed by atoms with van der Waals surface area (Å²) in [6.07, 6.45) is 2.54. The molecule has 1 aromatic carbocycles. The number of rotatable bonds is 4. The number of aromatic nitrogens is 1. The molecule has 1 heterocycles. The zero-order valence-corrected chi connectivity index (χ0v) is 10.9. The molecule has 0 aliphatic carbocycles. The highest BCUT2D eigenvalue weighted by Crippen LogP contribution is 2.33. The van der Waals surface area contributed by atoms with Crippen molar-refractivity contribution in [1.82, 2.24) is 4.98 Å². The number of nitrogens with zero attached hydrogens (tertiary/aromatic N) is 1. The van der Waals surface area contributed by atoms with Crippen LogP contribution in [0.4, 0.5) is 0 Å². The number of methoxy groups -OCH3 is 2. The molecular weight excluding hydrogens is 228 g/mol. The monoisotopic (exact) mass is 246 g/mol. The first-order chi connectivity index (χ1) is 8.65. The third kappa shape index (κ3) is 2.38. The number of hydrogen-bond acceptors (Lipinski definition) is 4. The molecule has 1 unspecified atom stereocenters. The third-order valence-corrected chi connectivity index (χ3v) is 2.87. The molecule has 4 nitrogen and oxygen atoms in total. The van der Waals surface area contributed by atoms with Crippen LogP contribution in [-0.4, -0.2) is 25.2 Å². The lowest BCUT2D eigenvalue weighted by atomic mass is 10.0. The van der Waals surface area contributed by atoms with Gasteiger partial charge in [0.1, 0.15) is 0 Å². The van der Waals surface area contributed by atoms with Crippen LogP contribution in [0.25, 0.3) is 10.8 Å². The predicted octanol–water partition coefficient (Wildman–Crippen LogP) is 2.14. The van der Waals surface area contributed by atoms with Gasteiger partial charge in [-0.1, -0.05) is 0 Å². The summed E-state index contributed by atoms with van der Waals surface area (Å²) < 4.78 is 10.6. The van der Waals surface area contributed by atoms with Crippen LogP contribution in [0.15, 0.2) is 24.4 Å². The summed E-state index contributed by atoms with van der Waals surface area (Å²) in [6, 6.07) is 5.96. The van der Waals surface area contributed by atoms with E-state index in [0.29, 0.717) is 5.75 Å². The Bertz CT molecular complexity index is 553. The van der Waals surface area contributed by atoms with E-state index in [0.717, 1.165) is 28.6 Å². The van der Waals surface area contributed by atoms with E-state index < -0.39 is 0 Å². The Kier molecular flexibility index (Phi) is 3.67. The lowest BCUT2D eigenvalue weighted by Gasteiger charge is -2.12. The summed E-state index contributed by atoms with van der Waals surface area (Å²) in [5.41, 5.74) is 6.84. The van der Waals surface area contributed by atoms with E-state index in [-0.39, 0.29) is 6.04 Å². The fraction of sp³-hybridized carbons (Fsp3) is 0.357. The van der Waals surface area contributed by atoms with Gasteiger partial charge in [-0.05, 0) is 30.5 Å². The standard InChI is InChI=1S/C14H18N2O2/c1-9(15)6-12-11-8-14(18-3)13(17-2)7-10(11)4-5-16-12/h4-5,7-9H,6,15H2,1-3H3. The Balaban J connectivity index is 2.61. The molecule has 0 radical (unpaired) electrons. The van der Waals surface area contributed by atoms with E-state index in [4.69, 9.17) is 15.2 Å². The van der Waals surface area contributed by atoms with Crippen molar-refractivity contribution in [3.05, 3.63) is 30.1 Å². The summed E-state index contributed by atoms with van der Waals surface area (Å²) in [5, 5.41) is 2.14. The second-order valence-electron chi connectivity index (χ2n) is 4.37. The molecule has 1 aromatic heterocycles. The minimum Gasteiger partial charge on any atom is -0.493 e. The number of fused-ring (bicyclic) bond motifs is 1. The van der Waals surface area contributed by atoms with Crippen molar-refractivity contribution in [1.29, 1.82) is 0 Å². The zero-order chi connectivity index (χ0) is 13.1. The van der Waals surface area contributed by atoms with Crippen molar-refractivity contribution in [2.75, 3.05) is 14.2 Å². The third-order valence-electron chi connectivity index (χ3n) is 2.87. The van der Waals surface area contributed by atoms with Gasteiger partial charge in [0, 0.05) is 29.7 Å². The number of benzene rings is 1. The van der Waals surface area contributed by atoms with Crippen LogP contribution in [-0.2, 0) is 6.42 Å². The summed E-state index contributed by atoms with van der Waals surface area (Å²) >= 11 is 0. The fourth-order valence-corrected chi connectivity index (χ4v) is 2.03. The number of nitrogens with two attached hydrogens (primary N) is 1. The lowest BCUT2D eigenvalue weighted by molar-refractivity contribution is 0.356. The highest BCUT2D eigenvalue weighted by atomic mass is 16.5. The topological polar surface area (TPSA) is 57.4 Å². The van der Waals surface area contributed by atoms with Gasteiger partial charge >= 0.3 is 0 Å². The highest BCUT2D eigenvalue weighted by molar-refractivity contribution is 5.87. The van der Waals surface area contributed by atoms with E-state index in [1.165, 1.54) is 0 Å². The molecule has 0 bridgehead atoms. The lowest BCUT2D eigenvalue weighted by Crippen LogP contribution is -2.18. The summed E-state index contributed by atoms with van der Waals surface area (Å²) in [4.78, 5) is 4.40. The van der Waals surface area contributed by atoms with Crippen LogP contribution < -0.4 is 15.2 Å². The first-order valence-electron chi connectivity index (χ1n) is 5.91. The maximum atomic E-state index is 5.85. The first kappa shape index (κ1) is 12.6. The van der Waals surface area contributed by atoms with E-state index >= 15 is 0 Å². The summed E-state index contributed by atoms with van der Waals surface area (Å²) in [5.74, 6) is 1.44. The molecule has 0 aliphatic heterocycles. The molecule has 2 rings (SSSR count). The van der Waals surface area contributed by atoms with Crippen molar-refractivity contribution in [2.45, 2.75) is 19.4 Å². The Morgan fingerprint density at radius 2 is 1.89 bits per heavy atom. The second kappa shape index (κ2) is 5.23. The van der Waals surface area contributed by atoms with E-state index in [1.807, 2.05) is 25.1 Å². The molecule has 0 saturated heterocycles. The van der Waals surface area contributed by atoms with Crippen LogP contribution in [0.5, 0.6) is 11.5 Å². The van der Waals surface area contributed by atoms with E-state index in [1.54, 1.807) is 20.4 Å². The van der Waals surface area contributed by atoms with Crippen LogP contribution in [0, 0.1) is 0 Å². The molecule has 2 N–H and O–H groups in total. The van der Waals surface area contributed by atoms with Gasteiger partial charge in [-0.15, -0.1) is 0 Å². The van der Waals surface area contributed by atoms with Gasteiger partial charge in [-0.2, -0.15) is 0 Å². The average molecular weight is 246 g/mol. The van der Waals surface area contributed by atoms with Crippen LogP contribution in [0.1, 0.15) is 12.6 Å². The van der Waals surface area contributed by atoms with Crippen LogP contribution in [0.3, 0.4) is 0 Å². The summed E-state index contributed by atoms with van der Waals surface area (Å²) in [6.45, 7) is 1.97. The molecule has 0 spiro atoms. The smallest absolute Gasteiger partial charge is 0.161 e. The van der Waals surface area contributed by atoms with Crippen molar-refractivity contribution in [3.8, 4) is 11.5 Å². The Labute approximate surface area is 107 Å². The van der Waals surface area contributed by atoms with Crippen molar-refractivity contribution in [3.63, 3.8) is 0 Å². The van der Waals surface area contributed by atoms with Crippen molar-refractivity contribution >= 4 is 10.8 Å². The quantitative estimate of drug-likeness (QED) is 0.898. The van der Waals surface area contributed by atoms with Gasteiger partial charge < -0.3 is 15.2 Å². The molecule has 1 atom stereocenters. The van der Waals surface area contributed by atoms with Gasteiger partial charge in [0.25, 0.3) is 0 Å². The SMILES string of the molecule is COc1cc2ccnc(CC(C)N)c2cc1OC. The zero-order valence-electron chi connectivity index (χ0n) is 10.9. The fourth-order valence-electron chi connectivity index (χ4n) is 2.03. The number of pyridine rings is 1. The maximum Gasteiger partial charge on any atom is 0.161 e. The minimum atomic E-state index is 0.0798. The van der Waals surface area contributed by atoms with Gasteiger partial charge in [0.15, 0.2) is 11.5 Å². The van der Waals surface area contributed by atoms with Gasteiger partial charge in [-0.25, -0.2) is 0 Å². The average Bonchev–Trinajstić information content (AvgIpc) is 2.37. The Morgan fingerprint density at radius 1 is 1.22 bits per heavy atom. The number of ether oxygens (including phenoxy) is 2. The highest BCUT2D eigenvalue weighted by Gasteiger charge is 2.10.